The molecule has 0 bridgehead atoms. The summed E-state index contributed by atoms with van der Waals surface area (Å²) in [7, 11) is 0. The Bertz CT molecular complexity index is 885. The summed E-state index contributed by atoms with van der Waals surface area (Å²) in [6, 6.07) is 9.97. The SMILES string of the molecule is O=C(c1cc2ccccc2[nH]1)N1CCn2ncc(C3CCC3)c2C1. The van der Waals surface area contributed by atoms with Crippen molar-refractivity contribution in [3.05, 3.63) is 53.5 Å². The van der Waals surface area contributed by atoms with Crippen molar-refractivity contribution in [2.24, 2.45) is 0 Å². The molecule has 1 amide bonds. The molecule has 5 nitrogen and oxygen atoms in total. The first kappa shape index (κ1) is 13.8. The molecule has 1 N–H and O–H groups in total. The van der Waals surface area contributed by atoms with E-state index in [2.05, 4.69) is 14.8 Å². The number of amides is 1. The second-order valence-corrected chi connectivity index (χ2v) is 6.89. The summed E-state index contributed by atoms with van der Waals surface area (Å²) < 4.78 is 2.09. The number of para-hydroxylation sites is 1. The van der Waals surface area contributed by atoms with E-state index in [4.69, 9.17) is 0 Å². The van der Waals surface area contributed by atoms with Gasteiger partial charge in [-0.3, -0.25) is 9.48 Å². The Balaban J connectivity index is 1.43. The summed E-state index contributed by atoms with van der Waals surface area (Å²) in [5, 5.41) is 5.61. The van der Waals surface area contributed by atoms with E-state index in [9.17, 15) is 4.79 Å². The number of hydrogen-bond acceptors (Lipinski definition) is 2. The van der Waals surface area contributed by atoms with Gasteiger partial charge < -0.3 is 9.88 Å². The third-order valence-corrected chi connectivity index (χ3v) is 5.50. The van der Waals surface area contributed by atoms with Crippen LogP contribution in [0.5, 0.6) is 0 Å². The maximum absolute atomic E-state index is 12.9. The normalized spacial score (nSPS) is 17.8. The lowest BCUT2D eigenvalue weighted by molar-refractivity contribution is 0.0699. The molecule has 24 heavy (non-hydrogen) atoms. The van der Waals surface area contributed by atoms with Crippen molar-refractivity contribution < 1.29 is 4.79 Å². The highest BCUT2D eigenvalue weighted by Crippen LogP contribution is 2.38. The van der Waals surface area contributed by atoms with Gasteiger partial charge in [0.25, 0.3) is 5.91 Å². The summed E-state index contributed by atoms with van der Waals surface area (Å²) in [5.41, 5.74) is 4.28. The molecule has 0 spiro atoms. The third kappa shape index (κ3) is 2.08. The van der Waals surface area contributed by atoms with Gasteiger partial charge in [0.2, 0.25) is 0 Å². The Labute approximate surface area is 140 Å². The monoisotopic (exact) mass is 320 g/mol. The van der Waals surface area contributed by atoms with Crippen LogP contribution in [0.1, 0.15) is 46.9 Å². The molecule has 1 saturated carbocycles. The maximum atomic E-state index is 12.9. The van der Waals surface area contributed by atoms with E-state index in [0.717, 1.165) is 17.4 Å². The number of hydrogen-bond donors (Lipinski definition) is 1. The average molecular weight is 320 g/mol. The molecule has 3 aromatic rings. The van der Waals surface area contributed by atoms with Gasteiger partial charge in [-0.15, -0.1) is 0 Å². The predicted molar refractivity (Wildman–Crippen MR) is 91.9 cm³/mol. The van der Waals surface area contributed by atoms with Gasteiger partial charge in [0.05, 0.1) is 25.0 Å². The number of H-pyrrole nitrogens is 1. The molecule has 122 valence electrons. The fourth-order valence-electron chi connectivity index (χ4n) is 3.86. The van der Waals surface area contributed by atoms with Crippen LogP contribution in [-0.4, -0.2) is 32.1 Å². The highest BCUT2D eigenvalue weighted by molar-refractivity contribution is 5.98. The zero-order chi connectivity index (χ0) is 16.1. The predicted octanol–water partition coefficient (Wildman–Crippen LogP) is 3.29. The van der Waals surface area contributed by atoms with Crippen LogP contribution in [0.25, 0.3) is 10.9 Å². The van der Waals surface area contributed by atoms with Crippen LogP contribution >= 0.6 is 0 Å². The number of rotatable bonds is 2. The minimum Gasteiger partial charge on any atom is -0.351 e. The van der Waals surface area contributed by atoms with Crippen molar-refractivity contribution in [3.8, 4) is 0 Å². The van der Waals surface area contributed by atoms with Gasteiger partial charge in [0.1, 0.15) is 5.69 Å². The number of nitrogens with zero attached hydrogens (tertiary/aromatic N) is 3. The maximum Gasteiger partial charge on any atom is 0.270 e. The molecule has 3 heterocycles. The zero-order valence-corrected chi connectivity index (χ0v) is 13.5. The van der Waals surface area contributed by atoms with Gasteiger partial charge in [-0.25, -0.2) is 0 Å². The van der Waals surface area contributed by atoms with Gasteiger partial charge in [-0.2, -0.15) is 5.10 Å². The molecule has 5 rings (SSSR count). The smallest absolute Gasteiger partial charge is 0.270 e. The standard InChI is InChI=1S/C19H20N4O/c24-19(17-10-14-4-1-2-7-16(14)21-17)22-8-9-23-18(12-22)15(11-20-23)13-5-3-6-13/h1-2,4,7,10-11,13,21H,3,5-6,8-9,12H2. The lowest BCUT2D eigenvalue weighted by atomic mass is 9.80. The number of fused-ring (bicyclic) bond motifs is 2. The molecule has 1 aromatic carbocycles. The Morgan fingerprint density at radius 2 is 2.08 bits per heavy atom. The van der Waals surface area contributed by atoms with Crippen molar-refractivity contribution in [3.63, 3.8) is 0 Å². The minimum absolute atomic E-state index is 0.0817. The average Bonchev–Trinajstić information content (AvgIpc) is 3.16. The van der Waals surface area contributed by atoms with Crippen molar-refractivity contribution in [2.75, 3.05) is 6.54 Å². The van der Waals surface area contributed by atoms with Crippen LogP contribution in [-0.2, 0) is 13.1 Å². The number of nitrogens with one attached hydrogen (secondary N) is 1. The lowest BCUT2D eigenvalue weighted by Crippen LogP contribution is -2.39. The molecule has 0 unspecified atom stereocenters. The van der Waals surface area contributed by atoms with E-state index in [0.29, 0.717) is 24.7 Å². The van der Waals surface area contributed by atoms with Gasteiger partial charge in [0, 0.05) is 17.4 Å². The van der Waals surface area contributed by atoms with Gasteiger partial charge in [0.15, 0.2) is 0 Å². The van der Waals surface area contributed by atoms with Crippen LogP contribution < -0.4 is 0 Å². The van der Waals surface area contributed by atoms with Crippen molar-refractivity contribution in [1.82, 2.24) is 19.7 Å². The van der Waals surface area contributed by atoms with E-state index in [-0.39, 0.29) is 5.91 Å². The third-order valence-electron chi connectivity index (χ3n) is 5.50. The Hall–Kier alpha value is -2.56. The molecule has 0 saturated heterocycles. The first-order chi connectivity index (χ1) is 11.8. The largest absolute Gasteiger partial charge is 0.351 e. The second-order valence-electron chi connectivity index (χ2n) is 6.89. The van der Waals surface area contributed by atoms with Crippen LogP contribution in [0.2, 0.25) is 0 Å². The molecule has 2 aliphatic rings. The van der Waals surface area contributed by atoms with Crippen molar-refractivity contribution in [2.45, 2.75) is 38.3 Å². The van der Waals surface area contributed by atoms with Crippen molar-refractivity contribution in [1.29, 1.82) is 0 Å². The summed E-state index contributed by atoms with van der Waals surface area (Å²) >= 11 is 0. The molecule has 1 aliphatic carbocycles. The Morgan fingerprint density at radius 3 is 2.88 bits per heavy atom. The summed E-state index contributed by atoms with van der Waals surface area (Å²) in [4.78, 5) is 18.1. The molecule has 1 fully saturated rings. The number of benzene rings is 1. The van der Waals surface area contributed by atoms with E-state index in [1.165, 1.54) is 30.5 Å². The van der Waals surface area contributed by atoms with E-state index in [1.54, 1.807) is 0 Å². The van der Waals surface area contributed by atoms with Gasteiger partial charge >= 0.3 is 0 Å². The molecule has 5 heteroatoms. The molecule has 1 aliphatic heterocycles. The van der Waals surface area contributed by atoms with Crippen LogP contribution in [0.3, 0.4) is 0 Å². The molecule has 2 aromatic heterocycles. The minimum atomic E-state index is 0.0817. The highest BCUT2D eigenvalue weighted by atomic mass is 16.2. The highest BCUT2D eigenvalue weighted by Gasteiger charge is 2.30. The van der Waals surface area contributed by atoms with Crippen molar-refractivity contribution >= 4 is 16.8 Å². The van der Waals surface area contributed by atoms with Gasteiger partial charge in [-0.1, -0.05) is 24.6 Å². The molecule has 0 radical (unpaired) electrons. The quantitative estimate of drug-likeness (QED) is 0.788. The Morgan fingerprint density at radius 1 is 1.21 bits per heavy atom. The number of aromatic nitrogens is 3. The zero-order valence-electron chi connectivity index (χ0n) is 13.5. The van der Waals surface area contributed by atoms with E-state index < -0.39 is 0 Å². The number of carbonyl (C=O) groups is 1. The van der Waals surface area contributed by atoms with Crippen LogP contribution in [0.4, 0.5) is 0 Å². The molecular formula is C19H20N4O. The fraction of sp³-hybridized carbons (Fsp3) is 0.368. The topological polar surface area (TPSA) is 53.9 Å². The lowest BCUT2D eigenvalue weighted by Gasteiger charge is -2.31. The van der Waals surface area contributed by atoms with Gasteiger partial charge in [-0.05, 0) is 36.5 Å². The summed E-state index contributed by atoms with van der Waals surface area (Å²) in [6.07, 6.45) is 5.85. The first-order valence-corrected chi connectivity index (χ1v) is 8.71. The van der Waals surface area contributed by atoms with E-state index in [1.807, 2.05) is 41.4 Å². The molecule has 0 atom stereocenters. The second kappa shape index (κ2) is 5.23. The Kier molecular flexibility index (Phi) is 3.01. The first-order valence-electron chi connectivity index (χ1n) is 8.71. The van der Waals surface area contributed by atoms with E-state index >= 15 is 0 Å². The molecular weight excluding hydrogens is 300 g/mol. The van der Waals surface area contributed by atoms with Crippen LogP contribution in [0.15, 0.2) is 36.5 Å². The fourth-order valence-corrected chi connectivity index (χ4v) is 3.86. The number of aromatic amines is 1. The number of carbonyl (C=O) groups excluding carboxylic acids is 1. The summed E-state index contributed by atoms with van der Waals surface area (Å²) in [6.45, 7) is 2.17. The van der Waals surface area contributed by atoms with Crippen LogP contribution in [0, 0.1) is 0 Å². The summed E-state index contributed by atoms with van der Waals surface area (Å²) in [5.74, 6) is 0.732.